The Hall–Kier alpha value is -1.86. The van der Waals surface area contributed by atoms with Crippen molar-refractivity contribution in [1.29, 1.82) is 0 Å². The van der Waals surface area contributed by atoms with Gasteiger partial charge in [0, 0.05) is 19.2 Å². The van der Waals surface area contributed by atoms with Crippen molar-refractivity contribution in [3.8, 4) is 0 Å². The average Bonchev–Trinajstić information content (AvgIpc) is 3.02. The second kappa shape index (κ2) is 8.49. The third-order valence-corrected chi connectivity index (χ3v) is 4.27. The van der Waals surface area contributed by atoms with Crippen LogP contribution in [0.2, 0.25) is 0 Å². The van der Waals surface area contributed by atoms with E-state index in [-0.39, 0.29) is 24.6 Å². The molecule has 25 heavy (non-hydrogen) atoms. The number of hydrogen-bond donors (Lipinski definition) is 0. The predicted octanol–water partition coefficient (Wildman–Crippen LogP) is 3.66. The lowest BCUT2D eigenvalue weighted by Crippen LogP contribution is -2.59. The van der Waals surface area contributed by atoms with Crippen molar-refractivity contribution in [2.45, 2.75) is 37.5 Å². The minimum Gasteiger partial charge on any atom is -0.383 e. The number of halogens is 3. The van der Waals surface area contributed by atoms with Crippen LogP contribution in [0.25, 0.3) is 0 Å². The van der Waals surface area contributed by atoms with Crippen molar-refractivity contribution < 1.29 is 22.7 Å². The summed E-state index contributed by atoms with van der Waals surface area (Å²) in [6.07, 6.45) is -2.32. The standard InChI is InChI=1S/C18H23F3N2O2/c1-3-8-16(18(19,20)21)23(17(24)14-9-5-4-6-10-14)22-12-7-11-15(22)13-25-2/h3-6,9-10,15-16H,1,7-8,11-13H2,2H3/t15-,16+/m0/s1. The van der Waals surface area contributed by atoms with E-state index < -0.39 is 18.1 Å². The number of carbonyl (C=O) groups excluding carboxylic acids is 1. The quantitative estimate of drug-likeness (QED) is 0.699. The van der Waals surface area contributed by atoms with Gasteiger partial charge in [0.2, 0.25) is 0 Å². The molecular weight excluding hydrogens is 333 g/mol. The SMILES string of the molecule is C=CC[C@@H](N(C(=O)c1ccccc1)N1CCC[C@H]1COC)C(F)(F)F. The summed E-state index contributed by atoms with van der Waals surface area (Å²) >= 11 is 0. The highest BCUT2D eigenvalue weighted by Gasteiger charge is 2.49. The summed E-state index contributed by atoms with van der Waals surface area (Å²) in [7, 11) is 1.50. The lowest BCUT2D eigenvalue weighted by atomic mass is 10.1. The molecule has 4 nitrogen and oxygen atoms in total. The molecule has 1 heterocycles. The van der Waals surface area contributed by atoms with Crippen molar-refractivity contribution in [2.24, 2.45) is 0 Å². The molecule has 1 aliphatic heterocycles. The molecule has 2 atom stereocenters. The Morgan fingerprint density at radius 2 is 2.12 bits per heavy atom. The zero-order valence-electron chi connectivity index (χ0n) is 14.2. The zero-order valence-corrected chi connectivity index (χ0v) is 14.2. The maximum atomic E-state index is 13.7. The topological polar surface area (TPSA) is 32.8 Å². The molecule has 0 bridgehead atoms. The van der Waals surface area contributed by atoms with Crippen LogP contribution in [-0.4, -0.2) is 54.4 Å². The van der Waals surface area contributed by atoms with Crippen LogP contribution in [0.4, 0.5) is 13.2 Å². The fraction of sp³-hybridized carbons (Fsp3) is 0.500. The van der Waals surface area contributed by atoms with Gasteiger partial charge in [0.15, 0.2) is 0 Å². The first-order valence-corrected chi connectivity index (χ1v) is 8.21. The first-order chi connectivity index (χ1) is 11.9. The average molecular weight is 356 g/mol. The van der Waals surface area contributed by atoms with E-state index in [9.17, 15) is 18.0 Å². The van der Waals surface area contributed by atoms with E-state index in [1.807, 2.05) is 0 Å². The monoisotopic (exact) mass is 356 g/mol. The van der Waals surface area contributed by atoms with Gasteiger partial charge in [0.25, 0.3) is 5.91 Å². The maximum Gasteiger partial charge on any atom is 0.410 e. The molecule has 1 aromatic carbocycles. The lowest BCUT2D eigenvalue weighted by Gasteiger charge is -2.41. The highest BCUT2D eigenvalue weighted by Crippen LogP contribution is 2.33. The van der Waals surface area contributed by atoms with Crippen molar-refractivity contribution >= 4 is 5.91 Å². The maximum absolute atomic E-state index is 13.7. The normalized spacial score (nSPS) is 19.6. The van der Waals surface area contributed by atoms with E-state index in [1.165, 1.54) is 30.3 Å². The summed E-state index contributed by atoms with van der Waals surface area (Å²) in [4.78, 5) is 13.0. The number of methoxy groups -OCH3 is 1. The number of hydrogen-bond acceptors (Lipinski definition) is 3. The fourth-order valence-corrected chi connectivity index (χ4v) is 3.15. The molecule has 0 saturated carbocycles. The molecule has 1 aliphatic rings. The Morgan fingerprint density at radius 1 is 1.44 bits per heavy atom. The number of rotatable bonds is 7. The van der Waals surface area contributed by atoms with Gasteiger partial charge >= 0.3 is 6.18 Å². The van der Waals surface area contributed by atoms with E-state index in [4.69, 9.17) is 4.74 Å². The van der Waals surface area contributed by atoms with Gasteiger partial charge < -0.3 is 4.74 Å². The van der Waals surface area contributed by atoms with E-state index >= 15 is 0 Å². The summed E-state index contributed by atoms with van der Waals surface area (Å²) in [6, 6.07) is 5.84. The Kier molecular flexibility index (Phi) is 6.61. The Balaban J connectivity index is 2.43. The highest BCUT2D eigenvalue weighted by atomic mass is 19.4. The third-order valence-electron chi connectivity index (χ3n) is 4.27. The second-order valence-electron chi connectivity index (χ2n) is 6.01. The first kappa shape index (κ1) is 19.5. The van der Waals surface area contributed by atoms with Gasteiger partial charge in [0.05, 0.1) is 12.6 Å². The van der Waals surface area contributed by atoms with Crippen molar-refractivity contribution in [2.75, 3.05) is 20.3 Å². The Morgan fingerprint density at radius 3 is 2.68 bits per heavy atom. The number of ether oxygens (including phenoxy) is 1. The van der Waals surface area contributed by atoms with Crippen LogP contribution in [0.15, 0.2) is 43.0 Å². The molecule has 0 radical (unpaired) electrons. The van der Waals surface area contributed by atoms with Crippen molar-refractivity contribution in [3.05, 3.63) is 48.6 Å². The molecular formula is C18H23F3N2O2. The van der Waals surface area contributed by atoms with Gasteiger partial charge in [-0.25, -0.2) is 5.01 Å². The zero-order chi connectivity index (χ0) is 18.4. The molecule has 0 aliphatic carbocycles. The molecule has 2 rings (SSSR count). The van der Waals surface area contributed by atoms with E-state index in [1.54, 1.807) is 18.2 Å². The lowest BCUT2D eigenvalue weighted by molar-refractivity contribution is -0.211. The number of carbonyl (C=O) groups is 1. The third kappa shape index (κ3) is 4.61. The van der Waals surface area contributed by atoms with Crippen molar-refractivity contribution in [1.82, 2.24) is 10.0 Å². The Labute approximate surface area is 145 Å². The summed E-state index contributed by atoms with van der Waals surface area (Å²) in [5.41, 5.74) is 0.226. The summed E-state index contributed by atoms with van der Waals surface area (Å²) in [5, 5.41) is 2.38. The van der Waals surface area contributed by atoms with E-state index in [0.29, 0.717) is 19.4 Å². The largest absolute Gasteiger partial charge is 0.410 e. The van der Waals surface area contributed by atoms with Crippen LogP contribution < -0.4 is 0 Å². The second-order valence-corrected chi connectivity index (χ2v) is 6.01. The van der Waals surface area contributed by atoms with Gasteiger partial charge in [-0.3, -0.25) is 9.80 Å². The fourth-order valence-electron chi connectivity index (χ4n) is 3.15. The number of alkyl halides is 3. The predicted molar refractivity (Wildman–Crippen MR) is 88.9 cm³/mol. The van der Waals surface area contributed by atoms with Crippen LogP contribution in [0.1, 0.15) is 29.6 Å². The molecule has 1 aromatic rings. The number of benzene rings is 1. The number of hydrazine groups is 1. The highest BCUT2D eigenvalue weighted by molar-refractivity contribution is 5.94. The summed E-state index contributed by atoms with van der Waals surface area (Å²) in [5.74, 6) is -0.659. The Bertz CT molecular complexity index is 577. The summed E-state index contributed by atoms with van der Waals surface area (Å²) < 4.78 is 46.2. The van der Waals surface area contributed by atoms with Crippen molar-refractivity contribution in [3.63, 3.8) is 0 Å². The van der Waals surface area contributed by atoms with Crippen LogP contribution in [0, 0.1) is 0 Å². The smallest absolute Gasteiger partial charge is 0.383 e. The summed E-state index contributed by atoms with van der Waals surface area (Å²) in [6.45, 7) is 4.09. The van der Waals surface area contributed by atoms with Crippen LogP contribution in [0.3, 0.4) is 0 Å². The molecule has 1 fully saturated rings. The van der Waals surface area contributed by atoms with E-state index in [0.717, 1.165) is 5.01 Å². The molecule has 138 valence electrons. The van der Waals surface area contributed by atoms with Gasteiger partial charge in [-0.15, -0.1) is 6.58 Å². The number of amides is 1. The van der Waals surface area contributed by atoms with Crippen LogP contribution in [-0.2, 0) is 4.74 Å². The molecule has 1 saturated heterocycles. The van der Waals surface area contributed by atoms with Crippen LogP contribution >= 0.6 is 0 Å². The molecule has 1 amide bonds. The molecule has 0 unspecified atom stereocenters. The molecule has 0 N–H and O–H groups in total. The van der Waals surface area contributed by atoms with E-state index in [2.05, 4.69) is 6.58 Å². The van der Waals surface area contributed by atoms with Gasteiger partial charge in [0.1, 0.15) is 6.04 Å². The first-order valence-electron chi connectivity index (χ1n) is 8.21. The molecule has 7 heteroatoms. The number of nitrogens with zero attached hydrogens (tertiary/aromatic N) is 2. The van der Waals surface area contributed by atoms with Gasteiger partial charge in [-0.05, 0) is 31.4 Å². The van der Waals surface area contributed by atoms with Gasteiger partial charge in [-0.1, -0.05) is 24.3 Å². The minimum atomic E-state index is -4.56. The van der Waals surface area contributed by atoms with Gasteiger partial charge in [-0.2, -0.15) is 13.2 Å². The molecule has 0 spiro atoms. The minimum absolute atomic E-state index is 0.226. The molecule has 0 aromatic heterocycles. The van der Waals surface area contributed by atoms with Crippen LogP contribution in [0.5, 0.6) is 0 Å².